The van der Waals surface area contributed by atoms with E-state index < -0.39 is 14.0 Å². The van der Waals surface area contributed by atoms with E-state index in [1.807, 2.05) is 0 Å². The molecule has 124 valence electrons. The molecule has 4 nitrogen and oxygen atoms in total. The molecule has 0 aliphatic rings. The van der Waals surface area contributed by atoms with E-state index in [-0.39, 0.29) is 25.2 Å². The van der Waals surface area contributed by atoms with Crippen molar-refractivity contribution in [2.75, 3.05) is 12.3 Å². The standard InChI is InChI=1S/C17H22ClNO3Si/c1-5-22-16(21)11-15(20)10-13-9-14(18)8-12(17(13)19)6-7-23(2,3)4/h8-9H,5,10-11,19H2,1-4H3. The van der Waals surface area contributed by atoms with E-state index in [0.29, 0.717) is 21.8 Å². The van der Waals surface area contributed by atoms with E-state index >= 15 is 0 Å². The average molecular weight is 352 g/mol. The van der Waals surface area contributed by atoms with Crippen LogP contribution in [0.25, 0.3) is 0 Å². The van der Waals surface area contributed by atoms with Gasteiger partial charge in [-0.2, -0.15) is 0 Å². The lowest BCUT2D eigenvalue weighted by Gasteiger charge is -2.09. The summed E-state index contributed by atoms with van der Waals surface area (Å²) in [5, 5.41) is 0.470. The van der Waals surface area contributed by atoms with E-state index in [1.54, 1.807) is 19.1 Å². The molecule has 0 amide bonds. The lowest BCUT2D eigenvalue weighted by molar-refractivity contribution is -0.145. The Bertz CT molecular complexity index is 669. The number of ketones is 1. The van der Waals surface area contributed by atoms with Crippen molar-refractivity contribution in [1.82, 2.24) is 0 Å². The van der Waals surface area contributed by atoms with Crippen LogP contribution < -0.4 is 5.73 Å². The molecule has 0 aliphatic carbocycles. The van der Waals surface area contributed by atoms with Crippen molar-refractivity contribution in [2.24, 2.45) is 0 Å². The third-order valence-electron chi connectivity index (χ3n) is 2.84. The number of carbonyl (C=O) groups excluding carboxylic acids is 2. The molecule has 23 heavy (non-hydrogen) atoms. The molecule has 0 atom stereocenters. The Morgan fingerprint density at radius 3 is 2.52 bits per heavy atom. The van der Waals surface area contributed by atoms with Crippen molar-refractivity contribution in [3.8, 4) is 11.5 Å². The maximum atomic E-state index is 12.0. The molecule has 0 saturated carbocycles. The third-order valence-corrected chi connectivity index (χ3v) is 3.93. The molecule has 0 spiro atoms. The van der Waals surface area contributed by atoms with Crippen molar-refractivity contribution in [3.63, 3.8) is 0 Å². The molecular formula is C17H22ClNO3Si. The number of carbonyl (C=O) groups is 2. The first-order valence-electron chi connectivity index (χ1n) is 7.40. The monoisotopic (exact) mass is 351 g/mol. The molecule has 2 N–H and O–H groups in total. The zero-order valence-electron chi connectivity index (χ0n) is 14.0. The van der Waals surface area contributed by atoms with Crippen molar-refractivity contribution >= 4 is 37.1 Å². The van der Waals surface area contributed by atoms with E-state index in [2.05, 4.69) is 31.1 Å². The molecule has 0 unspecified atom stereocenters. The number of Topliss-reactive ketones (excluding diaryl/α,β-unsaturated/α-hetero) is 1. The SMILES string of the molecule is CCOC(=O)CC(=O)Cc1cc(Cl)cc(C#C[Si](C)(C)C)c1N. The summed E-state index contributed by atoms with van der Waals surface area (Å²) in [6, 6.07) is 3.34. The molecule has 0 bridgehead atoms. The fourth-order valence-electron chi connectivity index (χ4n) is 1.83. The minimum absolute atomic E-state index is 0.0346. The normalized spacial score (nSPS) is 10.7. The van der Waals surface area contributed by atoms with Crippen LogP contribution in [0.3, 0.4) is 0 Å². The number of benzene rings is 1. The Kier molecular flexibility index (Phi) is 6.86. The molecule has 6 heteroatoms. The van der Waals surface area contributed by atoms with Crippen molar-refractivity contribution in [2.45, 2.75) is 39.4 Å². The highest BCUT2D eigenvalue weighted by molar-refractivity contribution is 6.83. The summed E-state index contributed by atoms with van der Waals surface area (Å²) in [5.41, 5.74) is 11.0. The van der Waals surface area contributed by atoms with E-state index in [4.69, 9.17) is 22.1 Å². The van der Waals surface area contributed by atoms with Crippen molar-refractivity contribution in [1.29, 1.82) is 0 Å². The van der Waals surface area contributed by atoms with Crippen LogP contribution in [0.2, 0.25) is 24.7 Å². The van der Waals surface area contributed by atoms with E-state index in [1.165, 1.54) is 0 Å². The van der Waals surface area contributed by atoms with Gasteiger partial charge in [-0.25, -0.2) is 0 Å². The highest BCUT2D eigenvalue weighted by Crippen LogP contribution is 2.24. The molecule has 0 fully saturated rings. The smallest absolute Gasteiger partial charge is 0.313 e. The fraction of sp³-hybridized carbons (Fsp3) is 0.412. The van der Waals surface area contributed by atoms with Gasteiger partial charge in [0.2, 0.25) is 0 Å². The summed E-state index contributed by atoms with van der Waals surface area (Å²) in [7, 11) is -1.55. The molecule has 1 rings (SSSR count). The first-order valence-corrected chi connectivity index (χ1v) is 11.3. The maximum absolute atomic E-state index is 12.0. The van der Waals surface area contributed by atoms with Gasteiger partial charge in [-0.1, -0.05) is 37.2 Å². The number of nitrogen functional groups attached to an aromatic ring is 1. The molecular weight excluding hydrogens is 330 g/mol. The molecule has 0 heterocycles. The first-order chi connectivity index (χ1) is 10.6. The summed E-state index contributed by atoms with van der Waals surface area (Å²) in [5.74, 6) is 2.27. The lowest BCUT2D eigenvalue weighted by Crippen LogP contribution is -2.16. The number of anilines is 1. The van der Waals surface area contributed by atoms with Crippen molar-refractivity contribution < 1.29 is 14.3 Å². The zero-order valence-corrected chi connectivity index (χ0v) is 15.7. The van der Waals surface area contributed by atoms with Gasteiger partial charge in [-0.05, 0) is 24.6 Å². The second-order valence-corrected chi connectivity index (χ2v) is 11.4. The van der Waals surface area contributed by atoms with Crippen LogP contribution in [-0.4, -0.2) is 26.4 Å². The largest absolute Gasteiger partial charge is 0.466 e. The van der Waals surface area contributed by atoms with Gasteiger partial charge in [-0.3, -0.25) is 9.59 Å². The van der Waals surface area contributed by atoms with E-state index in [0.717, 1.165) is 0 Å². The van der Waals surface area contributed by atoms with Gasteiger partial charge < -0.3 is 10.5 Å². The van der Waals surface area contributed by atoms with Gasteiger partial charge in [0.15, 0.2) is 0 Å². The molecule has 1 aromatic carbocycles. The predicted octanol–water partition coefficient (Wildman–Crippen LogP) is 3.22. The van der Waals surface area contributed by atoms with Crippen LogP contribution in [0, 0.1) is 11.5 Å². The summed E-state index contributed by atoms with van der Waals surface area (Å²) in [6.45, 7) is 8.34. The van der Waals surface area contributed by atoms with Gasteiger partial charge in [0.1, 0.15) is 20.3 Å². The second-order valence-electron chi connectivity index (χ2n) is 6.22. The predicted molar refractivity (Wildman–Crippen MR) is 96.0 cm³/mol. The number of rotatable bonds is 5. The number of hydrogen-bond acceptors (Lipinski definition) is 4. The molecule has 0 saturated heterocycles. The number of nitrogens with two attached hydrogens (primary N) is 1. The summed E-state index contributed by atoms with van der Waals surface area (Å²) in [4.78, 5) is 23.3. The molecule has 0 radical (unpaired) electrons. The van der Waals surface area contributed by atoms with Crippen molar-refractivity contribution in [3.05, 3.63) is 28.3 Å². The van der Waals surface area contributed by atoms with E-state index in [9.17, 15) is 9.59 Å². The van der Waals surface area contributed by atoms with Crippen LogP contribution in [0.15, 0.2) is 12.1 Å². The third kappa shape index (κ3) is 6.89. The fourth-order valence-corrected chi connectivity index (χ4v) is 2.58. The Morgan fingerprint density at radius 2 is 1.96 bits per heavy atom. The summed E-state index contributed by atoms with van der Waals surface area (Å²) >= 11 is 6.10. The number of halogens is 1. The van der Waals surface area contributed by atoms with Gasteiger partial charge in [0.25, 0.3) is 0 Å². The molecule has 0 aromatic heterocycles. The summed E-state index contributed by atoms with van der Waals surface area (Å²) in [6.07, 6.45) is -0.234. The Balaban J connectivity index is 2.99. The average Bonchev–Trinajstić information content (AvgIpc) is 2.40. The van der Waals surface area contributed by atoms with Gasteiger partial charge in [0.05, 0.1) is 12.3 Å². The topological polar surface area (TPSA) is 69.4 Å². The first kappa shape index (κ1) is 19.3. The highest BCUT2D eigenvalue weighted by Gasteiger charge is 2.15. The Labute approximate surface area is 143 Å². The zero-order chi connectivity index (χ0) is 17.6. The quantitative estimate of drug-likeness (QED) is 0.291. The number of ether oxygens (including phenoxy) is 1. The Hall–Kier alpha value is -1.77. The number of esters is 1. The van der Waals surface area contributed by atoms with Crippen LogP contribution in [-0.2, 0) is 20.7 Å². The Morgan fingerprint density at radius 1 is 1.30 bits per heavy atom. The van der Waals surface area contributed by atoms with Crippen LogP contribution in [0.1, 0.15) is 24.5 Å². The van der Waals surface area contributed by atoms with Crippen LogP contribution in [0.4, 0.5) is 5.69 Å². The van der Waals surface area contributed by atoms with Crippen LogP contribution >= 0.6 is 11.6 Å². The minimum Gasteiger partial charge on any atom is -0.466 e. The van der Waals surface area contributed by atoms with Gasteiger partial charge in [0, 0.05) is 17.0 Å². The second kappa shape index (κ2) is 8.18. The maximum Gasteiger partial charge on any atom is 0.313 e. The van der Waals surface area contributed by atoms with Gasteiger partial charge in [-0.15, -0.1) is 5.54 Å². The molecule has 0 aliphatic heterocycles. The minimum atomic E-state index is -1.55. The lowest BCUT2D eigenvalue weighted by atomic mass is 10.0. The number of hydrogen-bond donors (Lipinski definition) is 1. The van der Waals surface area contributed by atoms with Crippen LogP contribution in [0.5, 0.6) is 0 Å². The van der Waals surface area contributed by atoms with Gasteiger partial charge >= 0.3 is 5.97 Å². The highest BCUT2D eigenvalue weighted by atomic mass is 35.5. The molecule has 1 aromatic rings. The summed E-state index contributed by atoms with van der Waals surface area (Å²) < 4.78 is 4.77.